The summed E-state index contributed by atoms with van der Waals surface area (Å²) in [5.74, 6) is 0. The van der Waals surface area contributed by atoms with Gasteiger partial charge < -0.3 is 5.32 Å². The number of hydrogen-bond donors (Lipinski definition) is 2. The molecule has 1 aliphatic heterocycles. The molecule has 2 unspecified atom stereocenters. The summed E-state index contributed by atoms with van der Waals surface area (Å²) in [4.78, 5) is 0. The predicted molar refractivity (Wildman–Crippen MR) is 67.9 cm³/mol. The van der Waals surface area contributed by atoms with Crippen molar-refractivity contribution in [2.75, 3.05) is 13.6 Å². The molecule has 6 heteroatoms. The van der Waals surface area contributed by atoms with E-state index in [1.165, 1.54) is 0 Å². The summed E-state index contributed by atoms with van der Waals surface area (Å²) in [6.45, 7) is 2.70. The number of likely N-dealkylation sites (N-methyl/N-ethyl adjacent to an activating group) is 1. The predicted octanol–water partition coefficient (Wildman–Crippen LogP) is 0.446. The molecule has 0 radical (unpaired) electrons. The van der Waals surface area contributed by atoms with Crippen molar-refractivity contribution in [3.05, 3.63) is 0 Å². The summed E-state index contributed by atoms with van der Waals surface area (Å²) in [5, 5.41) is 3.17. The second kappa shape index (κ2) is 5.22. The topological polar surface area (TPSA) is 61.4 Å². The smallest absolute Gasteiger partial charge is 0.280 e. The first-order valence-electron chi connectivity index (χ1n) is 6.51. The molecule has 0 aromatic heterocycles. The molecule has 0 spiro atoms. The van der Waals surface area contributed by atoms with Crippen LogP contribution in [0.4, 0.5) is 0 Å². The van der Waals surface area contributed by atoms with E-state index >= 15 is 0 Å². The number of rotatable bonds is 5. The van der Waals surface area contributed by atoms with Crippen molar-refractivity contribution in [1.82, 2.24) is 14.3 Å². The third-order valence-electron chi connectivity index (χ3n) is 3.73. The highest BCUT2D eigenvalue weighted by molar-refractivity contribution is 7.87. The van der Waals surface area contributed by atoms with Gasteiger partial charge in [-0.25, -0.2) is 0 Å². The Hall–Kier alpha value is -0.170. The van der Waals surface area contributed by atoms with Crippen molar-refractivity contribution >= 4 is 10.2 Å². The van der Waals surface area contributed by atoms with Crippen molar-refractivity contribution in [3.63, 3.8) is 0 Å². The maximum Gasteiger partial charge on any atom is 0.280 e. The van der Waals surface area contributed by atoms with Crippen LogP contribution in [0.3, 0.4) is 0 Å². The molecule has 1 aliphatic carbocycles. The highest BCUT2D eigenvalue weighted by Crippen LogP contribution is 2.25. The number of piperidine rings is 1. The second-order valence-electron chi connectivity index (χ2n) is 5.15. The first-order chi connectivity index (χ1) is 8.04. The highest BCUT2D eigenvalue weighted by atomic mass is 32.2. The summed E-state index contributed by atoms with van der Waals surface area (Å²) in [5.41, 5.74) is 0. The molecule has 2 fully saturated rings. The highest BCUT2D eigenvalue weighted by Gasteiger charge is 2.37. The number of hydrogen-bond acceptors (Lipinski definition) is 3. The minimum atomic E-state index is -3.28. The molecule has 2 aliphatic rings. The molecule has 0 aromatic carbocycles. The molecular weight excluding hydrogens is 238 g/mol. The Morgan fingerprint density at radius 3 is 2.53 bits per heavy atom. The van der Waals surface area contributed by atoms with Gasteiger partial charge in [0.15, 0.2) is 0 Å². The van der Waals surface area contributed by atoms with E-state index in [2.05, 4.69) is 17.0 Å². The van der Waals surface area contributed by atoms with E-state index < -0.39 is 10.2 Å². The average molecular weight is 261 g/mol. The lowest BCUT2D eigenvalue weighted by molar-refractivity contribution is 0.211. The summed E-state index contributed by atoms with van der Waals surface area (Å²) in [6.07, 6.45) is 5.01. The van der Waals surface area contributed by atoms with Crippen LogP contribution < -0.4 is 10.0 Å². The molecule has 0 amide bonds. The molecule has 100 valence electrons. The van der Waals surface area contributed by atoms with E-state index in [1.54, 1.807) is 4.31 Å². The molecule has 5 nitrogen and oxygen atoms in total. The first kappa shape index (κ1) is 13.3. The minimum absolute atomic E-state index is 0.0880. The lowest BCUT2D eigenvalue weighted by atomic mass is 9.99. The van der Waals surface area contributed by atoms with Crippen molar-refractivity contribution in [2.45, 2.75) is 57.2 Å². The summed E-state index contributed by atoms with van der Waals surface area (Å²) >= 11 is 0. The van der Waals surface area contributed by atoms with Crippen molar-refractivity contribution < 1.29 is 8.42 Å². The van der Waals surface area contributed by atoms with Crippen LogP contribution in [-0.4, -0.2) is 44.4 Å². The molecule has 1 saturated heterocycles. The zero-order valence-corrected chi connectivity index (χ0v) is 11.5. The fourth-order valence-electron chi connectivity index (χ4n) is 2.40. The maximum atomic E-state index is 12.3. The normalized spacial score (nSPS) is 29.2. The second-order valence-corrected chi connectivity index (χ2v) is 6.80. The van der Waals surface area contributed by atoms with Gasteiger partial charge in [0.1, 0.15) is 0 Å². The van der Waals surface area contributed by atoms with E-state index in [9.17, 15) is 8.42 Å². The van der Waals surface area contributed by atoms with Crippen molar-refractivity contribution in [3.8, 4) is 0 Å². The van der Waals surface area contributed by atoms with Crippen LogP contribution in [0.15, 0.2) is 0 Å². The molecule has 2 N–H and O–H groups in total. The van der Waals surface area contributed by atoms with Gasteiger partial charge in [-0.15, -0.1) is 0 Å². The first-order valence-corrected chi connectivity index (χ1v) is 7.95. The Morgan fingerprint density at radius 2 is 1.94 bits per heavy atom. The summed E-state index contributed by atoms with van der Waals surface area (Å²) in [7, 11) is -1.39. The van der Waals surface area contributed by atoms with Crippen LogP contribution >= 0.6 is 0 Å². The van der Waals surface area contributed by atoms with E-state index in [-0.39, 0.29) is 18.1 Å². The lowest BCUT2D eigenvalue weighted by Crippen LogP contribution is -2.55. The van der Waals surface area contributed by atoms with Gasteiger partial charge in [-0.05, 0) is 39.7 Å². The Morgan fingerprint density at radius 1 is 1.24 bits per heavy atom. The lowest BCUT2D eigenvalue weighted by Gasteiger charge is -2.38. The van der Waals surface area contributed by atoms with Crippen LogP contribution in [0.5, 0.6) is 0 Å². The fourth-order valence-corrected chi connectivity index (χ4v) is 4.21. The molecule has 0 bridgehead atoms. The van der Waals surface area contributed by atoms with Crippen LogP contribution in [0, 0.1) is 0 Å². The van der Waals surface area contributed by atoms with Gasteiger partial charge >= 0.3 is 0 Å². The quantitative estimate of drug-likeness (QED) is 0.755. The van der Waals surface area contributed by atoms with E-state index in [0.29, 0.717) is 6.54 Å². The van der Waals surface area contributed by atoms with Gasteiger partial charge in [0.2, 0.25) is 0 Å². The van der Waals surface area contributed by atoms with Gasteiger partial charge in [-0.1, -0.05) is 6.42 Å². The van der Waals surface area contributed by atoms with Crippen LogP contribution in [0.2, 0.25) is 0 Å². The molecule has 17 heavy (non-hydrogen) atoms. The Balaban J connectivity index is 2.08. The largest absolute Gasteiger partial charge is 0.316 e. The molecule has 2 rings (SSSR count). The third-order valence-corrected chi connectivity index (χ3v) is 5.43. The van der Waals surface area contributed by atoms with Gasteiger partial charge in [-0.2, -0.15) is 17.4 Å². The minimum Gasteiger partial charge on any atom is -0.316 e. The van der Waals surface area contributed by atoms with E-state index in [4.69, 9.17) is 0 Å². The van der Waals surface area contributed by atoms with Gasteiger partial charge in [0.25, 0.3) is 10.2 Å². The zero-order chi connectivity index (χ0) is 12.5. The molecule has 1 heterocycles. The van der Waals surface area contributed by atoms with Crippen LogP contribution in [0.1, 0.15) is 39.0 Å². The summed E-state index contributed by atoms with van der Waals surface area (Å²) < 4.78 is 28.9. The van der Waals surface area contributed by atoms with Crippen LogP contribution in [-0.2, 0) is 10.2 Å². The molecular formula is C11H23N3O2S. The van der Waals surface area contributed by atoms with Gasteiger partial charge in [0, 0.05) is 24.7 Å². The van der Waals surface area contributed by atoms with Gasteiger partial charge in [-0.3, -0.25) is 0 Å². The standard InChI is InChI=1S/C11H23N3O2S/c1-9(12-2)11-5-3-4-8-14(11)17(15,16)13-10-6-7-10/h9-13H,3-8H2,1-2H3. The Kier molecular flexibility index (Phi) is 4.07. The van der Waals surface area contributed by atoms with Crippen molar-refractivity contribution in [1.29, 1.82) is 0 Å². The molecule has 2 atom stereocenters. The number of nitrogens with one attached hydrogen (secondary N) is 2. The SMILES string of the molecule is CNC(C)C1CCCCN1S(=O)(=O)NC1CC1. The van der Waals surface area contributed by atoms with E-state index in [0.717, 1.165) is 32.1 Å². The zero-order valence-electron chi connectivity index (χ0n) is 10.6. The van der Waals surface area contributed by atoms with Gasteiger partial charge in [0.05, 0.1) is 0 Å². The summed E-state index contributed by atoms with van der Waals surface area (Å²) in [6, 6.07) is 0.476. The Labute approximate surface area is 104 Å². The van der Waals surface area contributed by atoms with Crippen LogP contribution in [0.25, 0.3) is 0 Å². The maximum absolute atomic E-state index is 12.3. The molecule has 0 aromatic rings. The average Bonchev–Trinajstić information content (AvgIpc) is 3.11. The van der Waals surface area contributed by atoms with Crippen molar-refractivity contribution in [2.24, 2.45) is 0 Å². The Bertz CT molecular complexity index is 354. The third kappa shape index (κ3) is 3.19. The van der Waals surface area contributed by atoms with E-state index in [1.807, 2.05) is 7.05 Å². The monoisotopic (exact) mass is 261 g/mol. The molecule has 1 saturated carbocycles. The number of nitrogens with zero attached hydrogens (tertiary/aromatic N) is 1. The fraction of sp³-hybridized carbons (Fsp3) is 1.00.